The third-order valence-electron chi connectivity index (χ3n) is 2.96. The molecule has 7 heteroatoms. The summed E-state index contributed by atoms with van der Waals surface area (Å²) in [5.41, 5.74) is 0.282. The Kier molecular flexibility index (Phi) is 4.14. The molecule has 2 fully saturated rings. The quantitative estimate of drug-likeness (QED) is 0.612. The van der Waals surface area contributed by atoms with Crippen LogP contribution in [0.25, 0.3) is 5.57 Å². The van der Waals surface area contributed by atoms with Crippen molar-refractivity contribution >= 4 is 17.4 Å². The number of furan rings is 1. The van der Waals surface area contributed by atoms with Gasteiger partial charge >= 0.3 is 0 Å². The van der Waals surface area contributed by atoms with Crippen molar-refractivity contribution in [2.45, 2.75) is 12.2 Å². The second-order valence-electron chi connectivity index (χ2n) is 4.80. The van der Waals surface area contributed by atoms with Crippen molar-refractivity contribution in [3.05, 3.63) is 30.2 Å². The standard InChI is InChI=1S/C8H5NO3.C6H10O3/c10-7-4-5(8(11)9-7)6-2-1-3-12-6;1(5-3-8-5)7-2-6-4-9-6/h1-4H,(H,9,10,11);5-6H,1-4H2. The predicted octanol–water partition coefficient (Wildman–Crippen LogP) is 0.120. The first-order chi connectivity index (χ1) is 10.2. The van der Waals surface area contributed by atoms with E-state index in [2.05, 4.69) is 5.32 Å². The van der Waals surface area contributed by atoms with Gasteiger partial charge in [-0.2, -0.15) is 0 Å². The summed E-state index contributed by atoms with van der Waals surface area (Å²) in [5, 5.41) is 2.12. The summed E-state index contributed by atoms with van der Waals surface area (Å²) >= 11 is 0. The van der Waals surface area contributed by atoms with Gasteiger partial charge in [-0.05, 0) is 12.1 Å². The van der Waals surface area contributed by atoms with Crippen LogP contribution in [0, 0.1) is 0 Å². The first-order valence-corrected chi connectivity index (χ1v) is 6.64. The van der Waals surface area contributed by atoms with E-state index in [9.17, 15) is 9.59 Å². The molecular formula is C14H15NO6. The molecule has 0 bridgehead atoms. The maximum Gasteiger partial charge on any atom is 0.262 e. The number of carbonyl (C=O) groups is 2. The lowest BCUT2D eigenvalue weighted by Crippen LogP contribution is -2.21. The van der Waals surface area contributed by atoms with Gasteiger partial charge in [0.25, 0.3) is 11.8 Å². The lowest BCUT2D eigenvalue weighted by molar-refractivity contribution is -0.123. The van der Waals surface area contributed by atoms with Gasteiger partial charge in [-0.3, -0.25) is 14.9 Å². The van der Waals surface area contributed by atoms with Crippen LogP contribution < -0.4 is 5.32 Å². The van der Waals surface area contributed by atoms with Gasteiger partial charge in [0.2, 0.25) is 0 Å². The van der Waals surface area contributed by atoms with Crippen LogP contribution in [0.15, 0.2) is 28.9 Å². The number of rotatable bonds is 5. The van der Waals surface area contributed by atoms with E-state index in [1.54, 1.807) is 12.1 Å². The van der Waals surface area contributed by atoms with E-state index in [0.717, 1.165) is 26.4 Å². The molecule has 2 atom stereocenters. The molecule has 21 heavy (non-hydrogen) atoms. The number of amides is 2. The van der Waals surface area contributed by atoms with Crippen molar-refractivity contribution in [3.63, 3.8) is 0 Å². The van der Waals surface area contributed by atoms with Gasteiger partial charge in [0.15, 0.2) is 0 Å². The van der Waals surface area contributed by atoms with Crippen molar-refractivity contribution in [2.24, 2.45) is 0 Å². The van der Waals surface area contributed by atoms with Crippen LogP contribution in [0.1, 0.15) is 5.76 Å². The van der Waals surface area contributed by atoms with E-state index in [1.165, 1.54) is 12.3 Å². The summed E-state index contributed by atoms with van der Waals surface area (Å²) < 4.78 is 20.1. The first kappa shape index (κ1) is 14.0. The first-order valence-electron chi connectivity index (χ1n) is 6.64. The lowest BCUT2D eigenvalue weighted by Gasteiger charge is -1.95. The smallest absolute Gasteiger partial charge is 0.262 e. The fraction of sp³-hybridized carbons (Fsp3) is 0.429. The number of ether oxygens (including phenoxy) is 3. The second-order valence-corrected chi connectivity index (χ2v) is 4.80. The zero-order valence-electron chi connectivity index (χ0n) is 11.2. The van der Waals surface area contributed by atoms with Gasteiger partial charge in [-0.15, -0.1) is 0 Å². The number of hydrogen-bond donors (Lipinski definition) is 1. The fourth-order valence-corrected chi connectivity index (χ4v) is 1.69. The highest BCUT2D eigenvalue weighted by Crippen LogP contribution is 2.17. The summed E-state index contributed by atoms with van der Waals surface area (Å²) in [7, 11) is 0. The molecule has 2 saturated heterocycles. The molecule has 112 valence electrons. The Morgan fingerprint density at radius 3 is 2.29 bits per heavy atom. The Morgan fingerprint density at radius 1 is 1.19 bits per heavy atom. The van der Waals surface area contributed by atoms with Gasteiger partial charge < -0.3 is 18.6 Å². The summed E-state index contributed by atoms with van der Waals surface area (Å²) in [6, 6.07) is 3.29. The summed E-state index contributed by atoms with van der Waals surface area (Å²) in [6.45, 7) is 3.26. The average molecular weight is 293 g/mol. The van der Waals surface area contributed by atoms with Crippen LogP contribution in [0.4, 0.5) is 0 Å². The maximum atomic E-state index is 11.0. The molecule has 3 aliphatic heterocycles. The van der Waals surface area contributed by atoms with E-state index in [1.807, 2.05) is 0 Å². The van der Waals surface area contributed by atoms with E-state index >= 15 is 0 Å². The van der Waals surface area contributed by atoms with Crippen LogP contribution in [-0.4, -0.2) is 50.4 Å². The van der Waals surface area contributed by atoms with Crippen LogP contribution in [0.5, 0.6) is 0 Å². The molecule has 0 saturated carbocycles. The van der Waals surface area contributed by atoms with Crippen LogP contribution in [-0.2, 0) is 23.8 Å². The molecule has 0 radical (unpaired) electrons. The van der Waals surface area contributed by atoms with Crippen molar-refractivity contribution in [1.82, 2.24) is 5.32 Å². The molecule has 1 N–H and O–H groups in total. The molecular weight excluding hydrogens is 278 g/mol. The molecule has 0 spiro atoms. The van der Waals surface area contributed by atoms with Gasteiger partial charge in [-0.1, -0.05) is 0 Å². The van der Waals surface area contributed by atoms with Gasteiger partial charge in [-0.25, -0.2) is 0 Å². The highest BCUT2D eigenvalue weighted by atomic mass is 16.6. The van der Waals surface area contributed by atoms with Gasteiger partial charge in [0, 0.05) is 6.08 Å². The van der Waals surface area contributed by atoms with E-state index in [0.29, 0.717) is 18.0 Å². The Hall–Kier alpha value is -1.96. The number of carbonyl (C=O) groups excluding carboxylic acids is 2. The minimum Gasteiger partial charge on any atom is -0.464 e. The molecule has 1 aromatic heterocycles. The number of imide groups is 1. The van der Waals surface area contributed by atoms with Crippen LogP contribution in [0.2, 0.25) is 0 Å². The maximum absolute atomic E-state index is 11.0. The average Bonchev–Trinajstić information content (AvgIpc) is 3.37. The normalized spacial score (nSPS) is 25.8. The van der Waals surface area contributed by atoms with Crippen molar-refractivity contribution in [1.29, 1.82) is 0 Å². The fourth-order valence-electron chi connectivity index (χ4n) is 1.69. The Morgan fingerprint density at radius 2 is 1.86 bits per heavy atom. The highest BCUT2D eigenvalue weighted by Gasteiger charge is 2.26. The largest absolute Gasteiger partial charge is 0.464 e. The summed E-state index contributed by atoms with van der Waals surface area (Å²) in [5.74, 6) is -0.389. The Labute approximate surface area is 120 Å². The SMILES string of the molecule is C(OCC1CO1)C1CO1.O=C1C=C(c2ccco2)C(=O)N1. The van der Waals surface area contributed by atoms with Crippen molar-refractivity contribution in [3.8, 4) is 0 Å². The number of nitrogens with one attached hydrogen (secondary N) is 1. The third kappa shape index (κ3) is 4.25. The zero-order chi connectivity index (χ0) is 14.7. The molecule has 2 amide bonds. The number of epoxide rings is 2. The highest BCUT2D eigenvalue weighted by molar-refractivity contribution is 6.32. The van der Waals surface area contributed by atoms with E-state index in [4.69, 9.17) is 18.6 Å². The number of hydrogen-bond acceptors (Lipinski definition) is 6. The van der Waals surface area contributed by atoms with Crippen LogP contribution >= 0.6 is 0 Å². The van der Waals surface area contributed by atoms with E-state index in [-0.39, 0.29) is 5.57 Å². The Bertz CT molecular complexity index is 530. The Balaban J connectivity index is 0.000000131. The minimum atomic E-state index is -0.407. The monoisotopic (exact) mass is 293 g/mol. The molecule has 3 aliphatic rings. The lowest BCUT2D eigenvalue weighted by atomic mass is 10.2. The summed E-state index contributed by atoms with van der Waals surface area (Å²) in [6.07, 6.45) is 3.46. The van der Waals surface area contributed by atoms with Gasteiger partial charge in [0.05, 0.1) is 38.3 Å². The molecule has 0 aliphatic carbocycles. The van der Waals surface area contributed by atoms with Crippen LogP contribution in [0.3, 0.4) is 0 Å². The zero-order valence-corrected chi connectivity index (χ0v) is 11.2. The predicted molar refractivity (Wildman–Crippen MR) is 70.1 cm³/mol. The second kappa shape index (κ2) is 6.21. The summed E-state index contributed by atoms with van der Waals surface area (Å²) in [4.78, 5) is 21.7. The van der Waals surface area contributed by atoms with Crippen molar-refractivity contribution < 1.29 is 28.2 Å². The van der Waals surface area contributed by atoms with E-state index < -0.39 is 11.8 Å². The van der Waals surface area contributed by atoms with Crippen molar-refractivity contribution in [2.75, 3.05) is 26.4 Å². The van der Waals surface area contributed by atoms with Gasteiger partial charge in [0.1, 0.15) is 18.0 Å². The molecule has 4 heterocycles. The molecule has 4 rings (SSSR count). The minimum absolute atomic E-state index is 0.282. The molecule has 1 aromatic rings. The molecule has 2 unspecified atom stereocenters. The third-order valence-corrected chi connectivity index (χ3v) is 2.96. The molecule has 7 nitrogen and oxygen atoms in total. The molecule has 0 aromatic carbocycles. The topological polar surface area (TPSA) is 93.6 Å².